The summed E-state index contributed by atoms with van der Waals surface area (Å²) >= 11 is 0. The van der Waals surface area contributed by atoms with E-state index in [-0.39, 0.29) is 0 Å². The van der Waals surface area contributed by atoms with Gasteiger partial charge in [-0.3, -0.25) is 0 Å². The lowest BCUT2D eigenvalue weighted by Gasteiger charge is -2.24. The van der Waals surface area contributed by atoms with Gasteiger partial charge < -0.3 is 9.47 Å². The number of para-hydroxylation sites is 3. The van der Waals surface area contributed by atoms with Crippen LogP contribution in [0, 0.1) is 0 Å². The predicted molar refractivity (Wildman–Crippen MR) is 217 cm³/mol. The topological polar surface area (TPSA) is 21.1 Å². The molecule has 0 fully saturated rings. The zero-order valence-corrected chi connectivity index (χ0v) is 28.7. The Morgan fingerprint density at radius 2 is 0.923 bits per heavy atom. The molecule has 7 aromatic carbocycles. The van der Waals surface area contributed by atoms with Crippen LogP contribution in [-0.4, -0.2) is 9.55 Å². The Morgan fingerprint density at radius 1 is 0.365 bits per heavy atom. The van der Waals surface area contributed by atoms with Gasteiger partial charge in [-0.05, 0) is 88.0 Å². The van der Waals surface area contributed by atoms with Crippen LogP contribution in [0.3, 0.4) is 0 Å². The smallest absolute Gasteiger partial charge is 0.0715 e. The van der Waals surface area contributed by atoms with E-state index in [9.17, 15) is 0 Å². The van der Waals surface area contributed by atoms with E-state index in [1.165, 1.54) is 61.0 Å². The Morgan fingerprint density at radius 3 is 1.56 bits per heavy atom. The number of fused-ring (bicyclic) bond motifs is 6. The number of pyridine rings is 1. The molecular weight excluding hydrogens is 631 g/mol. The van der Waals surface area contributed by atoms with E-state index < -0.39 is 0 Å². The first-order chi connectivity index (χ1) is 25.8. The maximum atomic E-state index is 5.15. The van der Waals surface area contributed by atoms with Gasteiger partial charge in [-0.2, -0.15) is 0 Å². The van der Waals surface area contributed by atoms with Crippen LogP contribution in [0.4, 0.5) is 5.69 Å². The summed E-state index contributed by atoms with van der Waals surface area (Å²) in [7, 11) is 0. The quantitative estimate of drug-likeness (QED) is 0.182. The fourth-order valence-corrected chi connectivity index (χ4v) is 7.96. The third kappa shape index (κ3) is 5.26. The summed E-state index contributed by atoms with van der Waals surface area (Å²) in [6.07, 6.45) is 0. The first-order valence-electron chi connectivity index (χ1n) is 17.9. The molecule has 0 saturated carbocycles. The van der Waals surface area contributed by atoms with E-state index in [0.717, 1.165) is 41.2 Å². The maximum Gasteiger partial charge on any atom is 0.0715 e. The van der Waals surface area contributed by atoms with E-state index in [1.54, 1.807) is 0 Å². The summed E-state index contributed by atoms with van der Waals surface area (Å²) in [6, 6.07) is 67.9. The minimum atomic E-state index is 0.805. The first-order valence-corrected chi connectivity index (χ1v) is 17.9. The minimum Gasteiger partial charge on any atom is -0.363 e. The van der Waals surface area contributed by atoms with Gasteiger partial charge in [-0.1, -0.05) is 133 Å². The second-order valence-corrected chi connectivity index (χ2v) is 13.6. The third-order valence-electron chi connectivity index (χ3n) is 10.5. The molecule has 10 rings (SSSR count). The molecule has 3 heterocycles. The molecule has 0 atom stereocenters. The Balaban J connectivity index is 1.16. The second-order valence-electron chi connectivity index (χ2n) is 13.6. The normalized spacial score (nSPS) is 12.4. The van der Waals surface area contributed by atoms with E-state index >= 15 is 0 Å². The summed E-state index contributed by atoms with van der Waals surface area (Å²) in [5.41, 5.74) is 16.5. The lowest BCUT2D eigenvalue weighted by Crippen LogP contribution is -2.20. The van der Waals surface area contributed by atoms with Crippen molar-refractivity contribution in [3.05, 3.63) is 199 Å². The molecule has 3 heteroatoms. The number of aromatic nitrogens is 2. The fourth-order valence-electron chi connectivity index (χ4n) is 7.96. The zero-order chi connectivity index (χ0) is 34.4. The van der Waals surface area contributed by atoms with Crippen molar-refractivity contribution in [2.24, 2.45) is 0 Å². The van der Waals surface area contributed by atoms with E-state index in [2.05, 4.69) is 198 Å². The van der Waals surface area contributed by atoms with Gasteiger partial charge in [0, 0.05) is 46.4 Å². The number of rotatable bonds is 5. The van der Waals surface area contributed by atoms with Crippen molar-refractivity contribution < 1.29 is 0 Å². The van der Waals surface area contributed by atoms with E-state index in [1.807, 2.05) is 0 Å². The molecule has 0 aliphatic carbocycles. The molecule has 0 spiro atoms. The highest BCUT2D eigenvalue weighted by molar-refractivity contribution is 6.09. The van der Waals surface area contributed by atoms with E-state index in [4.69, 9.17) is 4.98 Å². The number of hydrogen-bond acceptors (Lipinski definition) is 2. The van der Waals surface area contributed by atoms with Crippen LogP contribution in [0.2, 0.25) is 0 Å². The van der Waals surface area contributed by atoms with E-state index in [0.29, 0.717) is 0 Å². The molecule has 1 aliphatic rings. The number of benzene rings is 7. The molecule has 1 aliphatic heterocycles. The third-order valence-corrected chi connectivity index (χ3v) is 10.5. The standard InChI is InChI=1S/C49H35N3/c1-4-14-34(15-5-1)46-30-38(31-47(50-46)35-16-6-2-7-17-35)36-24-25-37-32-51(40-18-8-3-9-19-40)33-39-28-41(26-27-42(39)45(37)29-36)52-48-22-12-10-20-43(48)44-21-11-13-23-49(44)52/h1-31H,32-33H2. The highest BCUT2D eigenvalue weighted by Gasteiger charge is 2.22. The average molecular weight is 666 g/mol. The Labute approximate surface area is 303 Å². The summed E-state index contributed by atoms with van der Waals surface area (Å²) in [6.45, 7) is 1.62. The molecule has 3 nitrogen and oxygen atoms in total. The van der Waals surface area contributed by atoms with Crippen LogP contribution in [0.15, 0.2) is 188 Å². The highest BCUT2D eigenvalue weighted by Crippen LogP contribution is 2.40. The summed E-state index contributed by atoms with van der Waals surface area (Å²) < 4.78 is 2.42. The summed E-state index contributed by atoms with van der Waals surface area (Å²) in [5.74, 6) is 0. The molecule has 0 bridgehead atoms. The van der Waals surface area contributed by atoms with Crippen molar-refractivity contribution in [3.63, 3.8) is 0 Å². The molecule has 246 valence electrons. The molecule has 2 aromatic heterocycles. The monoisotopic (exact) mass is 665 g/mol. The van der Waals surface area contributed by atoms with Crippen LogP contribution in [0.25, 0.3) is 72.3 Å². The van der Waals surface area contributed by atoms with Crippen molar-refractivity contribution in [2.75, 3.05) is 4.90 Å². The molecule has 0 N–H and O–H groups in total. The van der Waals surface area contributed by atoms with Crippen molar-refractivity contribution in [1.82, 2.24) is 9.55 Å². The molecule has 0 radical (unpaired) electrons. The SMILES string of the molecule is c1ccc(-c2cc(-c3ccc4c(c3)-c3ccc(-n5c6ccccc6c6ccccc65)cc3CN(c3ccccc3)C4)cc(-c3ccccc3)n2)cc1. The van der Waals surface area contributed by atoms with Crippen LogP contribution in [-0.2, 0) is 13.1 Å². The van der Waals surface area contributed by atoms with Crippen molar-refractivity contribution in [2.45, 2.75) is 13.1 Å². The predicted octanol–water partition coefficient (Wildman–Crippen LogP) is 12.4. The van der Waals surface area contributed by atoms with Crippen molar-refractivity contribution >= 4 is 27.5 Å². The first kappa shape index (κ1) is 30.1. The number of hydrogen-bond donors (Lipinski definition) is 0. The van der Waals surface area contributed by atoms with Gasteiger partial charge in [0.25, 0.3) is 0 Å². The molecule has 0 saturated heterocycles. The van der Waals surface area contributed by atoms with Crippen molar-refractivity contribution in [1.29, 1.82) is 0 Å². The van der Waals surface area contributed by atoms with Gasteiger partial charge in [-0.15, -0.1) is 0 Å². The van der Waals surface area contributed by atoms with Gasteiger partial charge in [0.1, 0.15) is 0 Å². The molecule has 52 heavy (non-hydrogen) atoms. The van der Waals surface area contributed by atoms with Gasteiger partial charge in [0.2, 0.25) is 0 Å². The molecular formula is C49H35N3. The lowest BCUT2D eigenvalue weighted by atomic mass is 9.92. The Bertz CT molecular complexity index is 2620. The number of anilines is 1. The van der Waals surface area contributed by atoms with Crippen LogP contribution in [0.5, 0.6) is 0 Å². The zero-order valence-electron chi connectivity index (χ0n) is 28.7. The Kier molecular flexibility index (Phi) is 7.28. The highest BCUT2D eigenvalue weighted by atomic mass is 15.1. The lowest BCUT2D eigenvalue weighted by molar-refractivity contribution is 0.812. The van der Waals surface area contributed by atoms with Gasteiger partial charge in [0.15, 0.2) is 0 Å². The molecule has 0 unspecified atom stereocenters. The fraction of sp³-hybridized carbons (Fsp3) is 0.0408. The van der Waals surface area contributed by atoms with Crippen LogP contribution in [0.1, 0.15) is 11.1 Å². The van der Waals surface area contributed by atoms with Crippen LogP contribution >= 0.6 is 0 Å². The largest absolute Gasteiger partial charge is 0.363 e. The molecule has 0 amide bonds. The average Bonchev–Trinajstić information content (AvgIpc) is 3.46. The van der Waals surface area contributed by atoms with Gasteiger partial charge in [0.05, 0.1) is 22.4 Å². The number of nitrogens with zero attached hydrogens (tertiary/aromatic N) is 3. The van der Waals surface area contributed by atoms with Crippen molar-refractivity contribution in [3.8, 4) is 50.5 Å². The maximum absolute atomic E-state index is 5.15. The molecule has 9 aromatic rings. The Hall–Kier alpha value is -6.71. The summed E-state index contributed by atoms with van der Waals surface area (Å²) in [4.78, 5) is 7.66. The van der Waals surface area contributed by atoms with Gasteiger partial charge >= 0.3 is 0 Å². The van der Waals surface area contributed by atoms with Gasteiger partial charge in [-0.25, -0.2) is 4.98 Å². The van der Waals surface area contributed by atoms with Crippen LogP contribution < -0.4 is 4.90 Å². The second kappa shape index (κ2) is 12.6. The summed E-state index contributed by atoms with van der Waals surface area (Å²) in [5, 5.41) is 2.55. The minimum absolute atomic E-state index is 0.805.